The Kier molecular flexibility index (Phi) is 9.73. The summed E-state index contributed by atoms with van der Waals surface area (Å²) in [5.41, 5.74) is -3.31. The van der Waals surface area contributed by atoms with E-state index in [0.29, 0.717) is 10.8 Å². The molecule has 3 rings (SSSR count). The van der Waals surface area contributed by atoms with E-state index < -0.39 is 74.3 Å². The maximum atomic E-state index is 13.9. The lowest BCUT2D eigenvalue weighted by Gasteiger charge is -2.25. The Morgan fingerprint density at radius 1 is 1.23 bits per heavy atom. The monoisotopic (exact) mass is 617 g/mol. The molecule has 1 saturated heterocycles. The Morgan fingerprint density at radius 2 is 1.88 bits per heavy atom. The second-order valence-electron chi connectivity index (χ2n) is 9.42. The van der Waals surface area contributed by atoms with Gasteiger partial charge in [-0.2, -0.15) is 17.6 Å². The van der Waals surface area contributed by atoms with Crippen LogP contribution in [-0.2, 0) is 23.3 Å². The summed E-state index contributed by atoms with van der Waals surface area (Å²) in [6.07, 6.45) is -9.68. The molecule has 4 atom stereocenters. The number of halogens is 5. The van der Waals surface area contributed by atoms with Crippen molar-refractivity contribution in [1.29, 1.82) is 0 Å². The summed E-state index contributed by atoms with van der Waals surface area (Å²) < 4.78 is 92.9. The Balaban J connectivity index is 1.84. The van der Waals surface area contributed by atoms with Gasteiger partial charge in [-0.05, 0) is 45.0 Å². The molecule has 1 aromatic heterocycles. The van der Waals surface area contributed by atoms with Crippen LogP contribution in [0.1, 0.15) is 33.4 Å². The van der Waals surface area contributed by atoms with Crippen molar-refractivity contribution in [3.8, 4) is 5.75 Å². The molecule has 1 unspecified atom stereocenters. The van der Waals surface area contributed by atoms with Crippen molar-refractivity contribution < 1.29 is 50.2 Å². The van der Waals surface area contributed by atoms with Crippen molar-refractivity contribution in [2.24, 2.45) is 0 Å². The number of carbonyl (C=O) groups excluding carboxylic acids is 1. The number of H-pyrrole nitrogens is 1. The van der Waals surface area contributed by atoms with Crippen LogP contribution in [0.5, 0.6) is 5.75 Å². The van der Waals surface area contributed by atoms with Crippen molar-refractivity contribution in [3.05, 3.63) is 62.1 Å². The van der Waals surface area contributed by atoms with Gasteiger partial charge in [0.2, 0.25) is 5.82 Å². The molecule has 0 amide bonds. The molecule has 0 bridgehead atoms. The van der Waals surface area contributed by atoms with Crippen molar-refractivity contribution in [1.82, 2.24) is 14.6 Å². The first-order chi connectivity index (χ1) is 18.4. The number of hydrogen-bond acceptors (Lipinski definition) is 9. The van der Waals surface area contributed by atoms with Gasteiger partial charge in [0.05, 0.1) is 12.8 Å². The van der Waals surface area contributed by atoms with Gasteiger partial charge >= 0.3 is 25.8 Å². The Bertz CT molecular complexity index is 1360. The molecule has 2 heterocycles. The summed E-state index contributed by atoms with van der Waals surface area (Å²) in [5, 5.41) is 1.97. The topological polar surface area (TPSA) is 147 Å². The highest BCUT2D eigenvalue weighted by Gasteiger charge is 2.43. The SMILES string of the molecule is CC(C)(C)OC(=O)O[C@H]1C[C@H](n2cc(F)c(=O)[nH]c2=O)O[C@@H]1COP(=O)(NCC(F)(F)F)Oc1ccc(Cl)cc1. The molecular weight excluding hydrogens is 593 g/mol. The number of aromatic amines is 1. The number of alkyl halides is 3. The van der Waals surface area contributed by atoms with E-state index >= 15 is 0 Å². The molecule has 1 aromatic carbocycles. The van der Waals surface area contributed by atoms with Crippen LogP contribution < -0.4 is 20.9 Å². The lowest BCUT2D eigenvalue weighted by molar-refractivity contribution is -0.122. The van der Waals surface area contributed by atoms with E-state index in [1.165, 1.54) is 24.3 Å². The van der Waals surface area contributed by atoms with Crippen LogP contribution in [0.15, 0.2) is 40.1 Å². The molecule has 40 heavy (non-hydrogen) atoms. The van der Waals surface area contributed by atoms with Gasteiger partial charge in [-0.15, -0.1) is 0 Å². The summed E-state index contributed by atoms with van der Waals surface area (Å²) in [6.45, 7) is 2.13. The first-order valence-corrected chi connectivity index (χ1v) is 13.4. The highest BCUT2D eigenvalue weighted by Crippen LogP contribution is 2.46. The predicted molar refractivity (Wildman–Crippen MR) is 131 cm³/mol. The second-order valence-corrected chi connectivity index (χ2v) is 11.6. The second kappa shape index (κ2) is 12.3. The average Bonchev–Trinajstić information content (AvgIpc) is 3.21. The van der Waals surface area contributed by atoms with Crippen LogP contribution in [0.3, 0.4) is 0 Å². The van der Waals surface area contributed by atoms with E-state index in [2.05, 4.69) is 0 Å². The smallest absolute Gasteiger partial charge is 0.429 e. The van der Waals surface area contributed by atoms with Crippen molar-refractivity contribution in [3.63, 3.8) is 0 Å². The number of benzene rings is 1. The van der Waals surface area contributed by atoms with Gasteiger partial charge in [-0.3, -0.25) is 18.9 Å². The molecular formula is C22H25ClF4N3O9P. The number of hydrogen-bond donors (Lipinski definition) is 2. The van der Waals surface area contributed by atoms with Crippen LogP contribution >= 0.6 is 19.3 Å². The van der Waals surface area contributed by atoms with E-state index in [1.54, 1.807) is 30.8 Å². The zero-order valence-corrected chi connectivity index (χ0v) is 22.8. The third-order valence-electron chi connectivity index (χ3n) is 4.97. The lowest BCUT2D eigenvalue weighted by atomic mass is 10.2. The van der Waals surface area contributed by atoms with Gasteiger partial charge in [0.1, 0.15) is 36.3 Å². The van der Waals surface area contributed by atoms with Gasteiger partial charge in [0, 0.05) is 11.4 Å². The summed E-state index contributed by atoms with van der Waals surface area (Å²) in [5.74, 6) is -1.46. The third kappa shape index (κ3) is 9.34. The summed E-state index contributed by atoms with van der Waals surface area (Å²) in [4.78, 5) is 37.7. The van der Waals surface area contributed by atoms with Gasteiger partial charge in [0.15, 0.2) is 0 Å². The Labute approximate surface area is 229 Å². The fourth-order valence-electron chi connectivity index (χ4n) is 3.31. The summed E-state index contributed by atoms with van der Waals surface area (Å²) in [7, 11) is -4.76. The van der Waals surface area contributed by atoms with E-state index in [-0.39, 0.29) is 17.2 Å². The van der Waals surface area contributed by atoms with Crippen LogP contribution in [0.4, 0.5) is 22.4 Å². The minimum absolute atomic E-state index is 0.149. The minimum Gasteiger partial charge on any atom is -0.429 e. The molecule has 0 radical (unpaired) electrons. The molecule has 18 heteroatoms. The zero-order valence-electron chi connectivity index (χ0n) is 21.2. The van der Waals surface area contributed by atoms with Gasteiger partial charge in [0.25, 0.3) is 5.56 Å². The molecule has 12 nitrogen and oxygen atoms in total. The molecule has 1 aliphatic rings. The van der Waals surface area contributed by atoms with Crippen LogP contribution in [0, 0.1) is 5.82 Å². The Hall–Kier alpha value is -2.91. The van der Waals surface area contributed by atoms with E-state index in [9.17, 15) is 36.5 Å². The van der Waals surface area contributed by atoms with Crippen LogP contribution in [0.25, 0.3) is 0 Å². The fourth-order valence-corrected chi connectivity index (χ4v) is 4.76. The fraction of sp³-hybridized carbons (Fsp3) is 0.500. The highest BCUT2D eigenvalue weighted by molar-refractivity contribution is 7.52. The predicted octanol–water partition coefficient (Wildman–Crippen LogP) is 4.29. The maximum Gasteiger partial charge on any atom is 0.509 e. The van der Waals surface area contributed by atoms with Gasteiger partial charge < -0.3 is 18.7 Å². The molecule has 2 N–H and O–H groups in total. The van der Waals surface area contributed by atoms with E-state index in [0.717, 1.165) is 0 Å². The molecule has 0 aliphatic carbocycles. The standard InChI is InChI=1S/C22H25ClF4N3O9P/c1-21(2,3)38-20(33)37-15-8-17(30-9-14(24)18(31)29-19(30)32)36-16(15)10-35-40(34,28-11-22(25,26)27)39-13-6-4-12(23)5-7-13/h4-7,9,15-17H,8,10-11H2,1-3H3,(H,28,34)(H,29,31,32)/t15-,16+,17+,40?/m0/s1. The highest BCUT2D eigenvalue weighted by atomic mass is 35.5. The number of carbonyl (C=O) groups is 1. The lowest BCUT2D eigenvalue weighted by Crippen LogP contribution is -2.35. The molecule has 1 aliphatic heterocycles. The van der Waals surface area contributed by atoms with E-state index in [1.807, 2.05) is 0 Å². The van der Waals surface area contributed by atoms with Crippen LogP contribution in [-0.4, -0.2) is 52.8 Å². The normalized spacial score (nSPS) is 21.1. The zero-order chi connectivity index (χ0) is 29.9. The number of rotatable bonds is 9. The molecule has 1 fully saturated rings. The van der Waals surface area contributed by atoms with E-state index in [4.69, 9.17) is 34.9 Å². The van der Waals surface area contributed by atoms with Crippen molar-refractivity contribution in [2.75, 3.05) is 13.2 Å². The largest absolute Gasteiger partial charge is 0.509 e. The Morgan fingerprint density at radius 3 is 2.48 bits per heavy atom. The summed E-state index contributed by atoms with van der Waals surface area (Å²) >= 11 is 5.79. The molecule has 222 valence electrons. The van der Waals surface area contributed by atoms with Crippen molar-refractivity contribution >= 4 is 25.5 Å². The first-order valence-electron chi connectivity index (χ1n) is 11.5. The van der Waals surface area contributed by atoms with Gasteiger partial charge in [-0.25, -0.2) is 19.2 Å². The number of aromatic nitrogens is 2. The summed E-state index contributed by atoms with van der Waals surface area (Å²) in [6, 6.07) is 5.14. The minimum atomic E-state index is -4.80. The van der Waals surface area contributed by atoms with Crippen molar-refractivity contribution in [2.45, 2.75) is 57.4 Å². The van der Waals surface area contributed by atoms with Gasteiger partial charge in [-0.1, -0.05) is 11.6 Å². The quantitative estimate of drug-likeness (QED) is 0.237. The molecule has 2 aromatic rings. The number of ether oxygens (including phenoxy) is 3. The first kappa shape index (κ1) is 31.6. The third-order valence-corrected chi connectivity index (χ3v) is 6.71. The molecule has 0 saturated carbocycles. The maximum absolute atomic E-state index is 13.9. The van der Waals surface area contributed by atoms with Crippen LogP contribution in [0.2, 0.25) is 5.02 Å². The number of nitrogens with one attached hydrogen (secondary N) is 2. The number of nitrogens with zero attached hydrogens (tertiary/aromatic N) is 1. The average molecular weight is 618 g/mol. The molecule has 0 spiro atoms.